The van der Waals surface area contributed by atoms with Gasteiger partial charge in [0.25, 0.3) is 0 Å². The first-order valence-corrected chi connectivity index (χ1v) is 7.21. The van der Waals surface area contributed by atoms with Crippen molar-refractivity contribution in [2.45, 2.75) is 25.0 Å². The van der Waals surface area contributed by atoms with Gasteiger partial charge in [0.15, 0.2) is 0 Å². The monoisotopic (exact) mass is 269 g/mol. The number of nitrogens with zero attached hydrogens (tertiary/aromatic N) is 1. The Balaban J connectivity index is 2.36. The zero-order chi connectivity index (χ0) is 13.3. The van der Waals surface area contributed by atoms with Crippen LogP contribution in [0.3, 0.4) is 0 Å². The van der Waals surface area contributed by atoms with Gasteiger partial charge in [0.2, 0.25) is 10.0 Å². The van der Waals surface area contributed by atoms with Gasteiger partial charge in [0.05, 0.1) is 10.9 Å². The van der Waals surface area contributed by atoms with E-state index in [0.717, 1.165) is 9.87 Å². The van der Waals surface area contributed by atoms with Crippen LogP contribution in [0.1, 0.15) is 18.4 Å². The summed E-state index contributed by atoms with van der Waals surface area (Å²) in [6, 6.07) is 6.82. The topological polar surface area (TPSA) is 74.7 Å². The van der Waals surface area contributed by atoms with E-state index in [4.69, 9.17) is 5.11 Å². The molecular formula is C12H15NO4S. The molecule has 0 aromatic heterocycles. The van der Waals surface area contributed by atoms with E-state index in [2.05, 4.69) is 0 Å². The van der Waals surface area contributed by atoms with Gasteiger partial charge in [0, 0.05) is 0 Å². The number of sulfonamides is 1. The molecule has 0 bridgehead atoms. The number of carboxylic acid groups (broad SMARTS) is 1. The first-order valence-electron chi connectivity index (χ1n) is 5.71. The van der Waals surface area contributed by atoms with Crippen molar-refractivity contribution in [3.05, 3.63) is 29.8 Å². The van der Waals surface area contributed by atoms with E-state index in [1.165, 1.54) is 0 Å². The molecule has 0 spiro atoms. The van der Waals surface area contributed by atoms with E-state index in [1.54, 1.807) is 24.3 Å². The third-order valence-electron chi connectivity index (χ3n) is 2.85. The van der Waals surface area contributed by atoms with Crippen LogP contribution in [0.5, 0.6) is 0 Å². The van der Waals surface area contributed by atoms with Gasteiger partial charge in [-0.15, -0.1) is 0 Å². The van der Waals surface area contributed by atoms with Gasteiger partial charge < -0.3 is 5.11 Å². The van der Waals surface area contributed by atoms with Crippen molar-refractivity contribution in [1.82, 2.24) is 0 Å². The van der Waals surface area contributed by atoms with Crippen LogP contribution < -0.4 is 4.31 Å². The van der Waals surface area contributed by atoms with Crippen LogP contribution in [0, 0.1) is 6.92 Å². The quantitative estimate of drug-likeness (QED) is 0.876. The summed E-state index contributed by atoms with van der Waals surface area (Å²) < 4.78 is 25.3. The normalized spacial score (nSPS) is 15.4. The number of aryl methyl sites for hydroxylation is 1. The van der Waals surface area contributed by atoms with E-state index in [1.807, 2.05) is 6.92 Å². The predicted molar refractivity (Wildman–Crippen MR) is 68.1 cm³/mol. The third kappa shape index (κ3) is 2.64. The maximum absolute atomic E-state index is 12.2. The smallest absolute Gasteiger partial charge is 0.324 e. The SMILES string of the molecule is Cc1ccc(N(CC(=O)O)S(=O)(=O)C2CC2)cc1. The highest BCUT2D eigenvalue weighted by Crippen LogP contribution is 2.33. The van der Waals surface area contributed by atoms with Crippen molar-refractivity contribution in [1.29, 1.82) is 0 Å². The van der Waals surface area contributed by atoms with Gasteiger partial charge >= 0.3 is 5.97 Å². The van der Waals surface area contributed by atoms with E-state index in [0.29, 0.717) is 18.5 Å². The lowest BCUT2D eigenvalue weighted by Gasteiger charge is -2.22. The summed E-state index contributed by atoms with van der Waals surface area (Å²) in [7, 11) is -3.54. The van der Waals surface area contributed by atoms with Crippen LogP contribution in [0.4, 0.5) is 5.69 Å². The van der Waals surface area contributed by atoms with Crippen molar-refractivity contribution in [3.8, 4) is 0 Å². The number of rotatable bonds is 5. The molecule has 1 aliphatic carbocycles. The molecule has 18 heavy (non-hydrogen) atoms. The fourth-order valence-corrected chi connectivity index (χ4v) is 3.51. The lowest BCUT2D eigenvalue weighted by atomic mass is 10.2. The maximum atomic E-state index is 12.2. The van der Waals surface area contributed by atoms with E-state index < -0.39 is 27.8 Å². The Morgan fingerprint density at radius 3 is 2.33 bits per heavy atom. The molecule has 1 saturated carbocycles. The number of hydrogen-bond acceptors (Lipinski definition) is 3. The Kier molecular flexibility index (Phi) is 3.30. The van der Waals surface area contributed by atoms with Crippen LogP contribution in [-0.2, 0) is 14.8 Å². The van der Waals surface area contributed by atoms with Crippen molar-refractivity contribution in [3.63, 3.8) is 0 Å². The van der Waals surface area contributed by atoms with E-state index in [-0.39, 0.29) is 0 Å². The standard InChI is InChI=1S/C12H15NO4S/c1-9-2-4-10(5-3-9)13(8-12(14)15)18(16,17)11-6-7-11/h2-5,11H,6-8H2,1H3,(H,14,15). The fourth-order valence-electron chi connectivity index (χ4n) is 1.71. The molecule has 0 radical (unpaired) electrons. The average molecular weight is 269 g/mol. The number of aliphatic carboxylic acids is 1. The summed E-state index contributed by atoms with van der Waals surface area (Å²) in [6.45, 7) is 1.36. The van der Waals surface area contributed by atoms with Gasteiger partial charge in [-0.3, -0.25) is 9.10 Å². The van der Waals surface area contributed by atoms with Gasteiger partial charge in [0.1, 0.15) is 6.54 Å². The molecule has 1 N–H and O–H groups in total. The highest BCUT2D eigenvalue weighted by Gasteiger charge is 2.40. The Bertz CT molecular complexity index is 546. The molecule has 6 heteroatoms. The molecule has 0 aliphatic heterocycles. The Morgan fingerprint density at radius 1 is 1.33 bits per heavy atom. The van der Waals surface area contributed by atoms with Crippen molar-refractivity contribution >= 4 is 21.7 Å². The first-order chi connectivity index (χ1) is 8.41. The highest BCUT2D eigenvalue weighted by molar-refractivity contribution is 7.93. The molecule has 1 fully saturated rings. The third-order valence-corrected chi connectivity index (χ3v) is 5.12. The molecule has 1 aromatic rings. The van der Waals surface area contributed by atoms with Gasteiger partial charge in [-0.2, -0.15) is 0 Å². The van der Waals surface area contributed by atoms with Crippen LogP contribution in [0.25, 0.3) is 0 Å². The van der Waals surface area contributed by atoms with E-state index >= 15 is 0 Å². The Hall–Kier alpha value is -1.56. The van der Waals surface area contributed by atoms with Gasteiger partial charge in [-0.05, 0) is 31.9 Å². The zero-order valence-corrected chi connectivity index (χ0v) is 10.9. The summed E-state index contributed by atoms with van der Waals surface area (Å²) in [6.07, 6.45) is 1.23. The largest absolute Gasteiger partial charge is 0.480 e. The van der Waals surface area contributed by atoms with Crippen molar-refractivity contribution in [2.24, 2.45) is 0 Å². The molecule has 1 aromatic carbocycles. The van der Waals surface area contributed by atoms with Crippen LogP contribution in [-0.4, -0.2) is 31.3 Å². The summed E-state index contributed by atoms with van der Waals surface area (Å²) in [5, 5.41) is 8.44. The zero-order valence-electron chi connectivity index (χ0n) is 10.0. The molecule has 5 nitrogen and oxygen atoms in total. The molecule has 0 atom stereocenters. The van der Waals surface area contributed by atoms with Gasteiger partial charge in [-0.1, -0.05) is 17.7 Å². The highest BCUT2D eigenvalue weighted by atomic mass is 32.2. The second-order valence-corrected chi connectivity index (χ2v) is 6.62. The van der Waals surface area contributed by atoms with E-state index in [9.17, 15) is 13.2 Å². The molecule has 0 unspecified atom stereocenters. The van der Waals surface area contributed by atoms with Crippen LogP contribution >= 0.6 is 0 Å². The second kappa shape index (κ2) is 4.61. The number of anilines is 1. The number of carboxylic acids is 1. The molecular weight excluding hydrogens is 254 g/mol. The summed E-state index contributed by atoms with van der Waals surface area (Å²) in [5.74, 6) is -1.15. The summed E-state index contributed by atoms with van der Waals surface area (Å²) >= 11 is 0. The van der Waals surface area contributed by atoms with Crippen LogP contribution in [0.15, 0.2) is 24.3 Å². The Morgan fingerprint density at radius 2 is 1.89 bits per heavy atom. The molecule has 0 heterocycles. The minimum atomic E-state index is -3.54. The molecule has 98 valence electrons. The average Bonchev–Trinajstić information content (AvgIpc) is 3.11. The Labute approximate surface area is 106 Å². The number of carbonyl (C=O) groups is 1. The predicted octanol–water partition coefficient (Wildman–Crippen LogP) is 1.38. The summed E-state index contributed by atoms with van der Waals surface area (Å²) in [5.41, 5.74) is 1.41. The minimum absolute atomic E-state index is 0.412. The lowest BCUT2D eigenvalue weighted by Crippen LogP contribution is -2.37. The minimum Gasteiger partial charge on any atom is -0.480 e. The fraction of sp³-hybridized carbons (Fsp3) is 0.417. The number of hydrogen-bond donors (Lipinski definition) is 1. The maximum Gasteiger partial charge on any atom is 0.324 e. The van der Waals surface area contributed by atoms with Crippen molar-refractivity contribution in [2.75, 3.05) is 10.8 Å². The molecule has 2 rings (SSSR count). The molecule has 0 saturated heterocycles. The van der Waals surface area contributed by atoms with Gasteiger partial charge in [-0.25, -0.2) is 8.42 Å². The number of benzene rings is 1. The summed E-state index contributed by atoms with van der Waals surface area (Å²) in [4.78, 5) is 10.8. The molecule has 0 amide bonds. The second-order valence-electron chi connectivity index (χ2n) is 4.48. The first kappa shape index (κ1) is 12.9. The molecule has 1 aliphatic rings. The lowest BCUT2D eigenvalue weighted by molar-refractivity contribution is -0.135. The van der Waals surface area contributed by atoms with Crippen LogP contribution in [0.2, 0.25) is 0 Å². The van der Waals surface area contributed by atoms with Crippen molar-refractivity contribution < 1.29 is 18.3 Å².